The van der Waals surface area contributed by atoms with E-state index < -0.39 is 6.10 Å². The van der Waals surface area contributed by atoms with Crippen molar-refractivity contribution in [3.63, 3.8) is 0 Å². The summed E-state index contributed by atoms with van der Waals surface area (Å²) in [6.45, 7) is 13.8. The lowest BCUT2D eigenvalue weighted by atomic mass is 9.99. The standard InChI is InChI=1S/C61H118O6/c1-7-57(6)49-43-37-31-25-21-17-12-10-8-9-11-13-19-23-27-33-40-46-52-61(64)67-58(54-66-60(63)51-45-39-34-28-30-36-42-48-56(4)5)53-65-59(62)50-44-38-32-26-22-18-15-14-16-20-24-29-35-41-47-55(2)3/h55-58H,7-54H2,1-6H3/t57?,58-/m1/s1. The molecule has 6 heteroatoms. The van der Waals surface area contributed by atoms with Crippen molar-refractivity contribution >= 4 is 17.9 Å². The van der Waals surface area contributed by atoms with E-state index in [0.717, 1.165) is 75.5 Å². The highest BCUT2D eigenvalue weighted by Gasteiger charge is 2.19. The molecule has 1 unspecified atom stereocenters. The summed E-state index contributed by atoms with van der Waals surface area (Å²) in [5, 5.41) is 0. The average Bonchev–Trinajstić information content (AvgIpc) is 3.30. The van der Waals surface area contributed by atoms with Gasteiger partial charge in [-0.25, -0.2) is 0 Å². The lowest BCUT2D eigenvalue weighted by Gasteiger charge is -2.18. The van der Waals surface area contributed by atoms with E-state index in [1.165, 1.54) is 218 Å². The lowest BCUT2D eigenvalue weighted by Crippen LogP contribution is -2.30. The quantitative estimate of drug-likeness (QED) is 0.0343. The Labute approximate surface area is 418 Å². The topological polar surface area (TPSA) is 78.9 Å². The van der Waals surface area contributed by atoms with Gasteiger partial charge in [0.2, 0.25) is 0 Å². The predicted octanol–water partition coefficient (Wildman–Crippen LogP) is 19.9. The third kappa shape index (κ3) is 53.6. The van der Waals surface area contributed by atoms with Crippen molar-refractivity contribution in [3.8, 4) is 0 Å². The van der Waals surface area contributed by atoms with Gasteiger partial charge in [-0.3, -0.25) is 14.4 Å². The van der Waals surface area contributed by atoms with Crippen LogP contribution in [-0.2, 0) is 28.6 Å². The maximum atomic E-state index is 12.9. The van der Waals surface area contributed by atoms with E-state index >= 15 is 0 Å². The van der Waals surface area contributed by atoms with Crippen LogP contribution < -0.4 is 0 Å². The first kappa shape index (κ1) is 65.4. The van der Waals surface area contributed by atoms with Crippen LogP contribution in [0.1, 0.15) is 337 Å². The second-order valence-electron chi connectivity index (χ2n) is 22.2. The second kappa shape index (κ2) is 52.2. The van der Waals surface area contributed by atoms with Crippen LogP contribution in [0, 0.1) is 17.8 Å². The predicted molar refractivity (Wildman–Crippen MR) is 289 cm³/mol. The number of ether oxygens (including phenoxy) is 3. The molecule has 0 aliphatic carbocycles. The number of hydrogen-bond acceptors (Lipinski definition) is 6. The van der Waals surface area contributed by atoms with Gasteiger partial charge in [0.15, 0.2) is 6.10 Å². The van der Waals surface area contributed by atoms with Crippen LogP contribution in [0.25, 0.3) is 0 Å². The van der Waals surface area contributed by atoms with Gasteiger partial charge in [-0.1, -0.05) is 298 Å². The molecule has 6 nitrogen and oxygen atoms in total. The molecule has 0 spiro atoms. The maximum absolute atomic E-state index is 12.9. The Kier molecular flexibility index (Phi) is 51.0. The summed E-state index contributed by atoms with van der Waals surface area (Å²) in [5.74, 6) is 1.69. The molecule has 398 valence electrons. The Morgan fingerprint density at radius 2 is 0.522 bits per heavy atom. The van der Waals surface area contributed by atoms with E-state index in [1.54, 1.807) is 0 Å². The third-order valence-corrected chi connectivity index (χ3v) is 14.3. The zero-order valence-corrected chi connectivity index (χ0v) is 46.2. The minimum Gasteiger partial charge on any atom is -0.462 e. The Morgan fingerprint density at radius 3 is 0.776 bits per heavy atom. The Hall–Kier alpha value is -1.59. The molecule has 0 saturated heterocycles. The first-order chi connectivity index (χ1) is 32.6. The monoisotopic (exact) mass is 947 g/mol. The molecule has 0 amide bonds. The van der Waals surface area contributed by atoms with E-state index in [9.17, 15) is 14.4 Å². The zero-order valence-electron chi connectivity index (χ0n) is 46.2. The van der Waals surface area contributed by atoms with Crippen LogP contribution in [-0.4, -0.2) is 37.2 Å². The number of hydrogen-bond donors (Lipinski definition) is 0. The lowest BCUT2D eigenvalue weighted by molar-refractivity contribution is -0.167. The molecule has 0 aromatic carbocycles. The van der Waals surface area contributed by atoms with Gasteiger partial charge in [-0.2, -0.15) is 0 Å². The van der Waals surface area contributed by atoms with Gasteiger partial charge < -0.3 is 14.2 Å². The number of unbranched alkanes of at least 4 members (excludes halogenated alkanes) is 36. The normalized spacial score (nSPS) is 12.5. The van der Waals surface area contributed by atoms with Crippen molar-refractivity contribution in [2.75, 3.05) is 13.2 Å². The molecule has 0 bridgehead atoms. The van der Waals surface area contributed by atoms with Crippen molar-refractivity contribution in [1.29, 1.82) is 0 Å². The van der Waals surface area contributed by atoms with Crippen molar-refractivity contribution in [2.24, 2.45) is 17.8 Å². The fourth-order valence-electron chi connectivity index (χ4n) is 9.32. The fraction of sp³-hybridized carbons (Fsp3) is 0.951. The van der Waals surface area contributed by atoms with Gasteiger partial charge in [0.1, 0.15) is 13.2 Å². The van der Waals surface area contributed by atoms with E-state index in [4.69, 9.17) is 14.2 Å². The van der Waals surface area contributed by atoms with Gasteiger partial charge in [0, 0.05) is 19.3 Å². The van der Waals surface area contributed by atoms with Gasteiger partial charge >= 0.3 is 17.9 Å². The minimum absolute atomic E-state index is 0.0639. The Balaban J connectivity index is 4.21. The number of carbonyl (C=O) groups is 3. The highest BCUT2D eigenvalue weighted by molar-refractivity contribution is 5.71. The molecule has 67 heavy (non-hydrogen) atoms. The van der Waals surface area contributed by atoms with Crippen LogP contribution in [0.2, 0.25) is 0 Å². The van der Waals surface area contributed by atoms with Gasteiger partial charge in [-0.05, 0) is 37.0 Å². The summed E-state index contributed by atoms with van der Waals surface area (Å²) in [4.78, 5) is 38.1. The molecule has 0 aliphatic rings. The van der Waals surface area contributed by atoms with Gasteiger partial charge in [0.25, 0.3) is 0 Å². The number of esters is 3. The smallest absolute Gasteiger partial charge is 0.306 e. The zero-order chi connectivity index (χ0) is 49.1. The third-order valence-electron chi connectivity index (χ3n) is 14.3. The summed E-state index contributed by atoms with van der Waals surface area (Å²) in [5.41, 5.74) is 0. The van der Waals surface area contributed by atoms with Crippen LogP contribution in [0.5, 0.6) is 0 Å². The molecule has 0 aromatic rings. The minimum atomic E-state index is -0.764. The maximum Gasteiger partial charge on any atom is 0.306 e. The molecule has 0 aromatic heterocycles. The molecule has 2 atom stereocenters. The van der Waals surface area contributed by atoms with Crippen LogP contribution in [0.4, 0.5) is 0 Å². The first-order valence-electron chi connectivity index (χ1n) is 30.1. The van der Waals surface area contributed by atoms with Crippen LogP contribution >= 0.6 is 0 Å². The van der Waals surface area contributed by atoms with Crippen molar-refractivity contribution in [2.45, 2.75) is 343 Å². The van der Waals surface area contributed by atoms with Crippen molar-refractivity contribution in [1.82, 2.24) is 0 Å². The molecule has 0 fully saturated rings. The van der Waals surface area contributed by atoms with Gasteiger partial charge in [0.05, 0.1) is 0 Å². The van der Waals surface area contributed by atoms with E-state index in [1.807, 2.05) is 0 Å². The summed E-state index contributed by atoms with van der Waals surface area (Å²) >= 11 is 0. The molecule has 0 heterocycles. The summed E-state index contributed by atoms with van der Waals surface area (Å²) in [6, 6.07) is 0. The highest BCUT2D eigenvalue weighted by atomic mass is 16.6. The van der Waals surface area contributed by atoms with Crippen molar-refractivity contribution in [3.05, 3.63) is 0 Å². The van der Waals surface area contributed by atoms with Crippen LogP contribution in [0.3, 0.4) is 0 Å². The molecular formula is C61H118O6. The van der Waals surface area contributed by atoms with E-state index in [-0.39, 0.29) is 31.1 Å². The highest BCUT2D eigenvalue weighted by Crippen LogP contribution is 2.19. The van der Waals surface area contributed by atoms with Crippen molar-refractivity contribution < 1.29 is 28.6 Å². The van der Waals surface area contributed by atoms with Gasteiger partial charge in [-0.15, -0.1) is 0 Å². The summed E-state index contributed by atoms with van der Waals surface area (Å²) < 4.78 is 16.9. The Bertz CT molecular complexity index is 1040. The molecule has 0 saturated carbocycles. The first-order valence-corrected chi connectivity index (χ1v) is 30.1. The molecule has 0 aliphatic heterocycles. The number of rotatable bonds is 54. The molecule has 0 rings (SSSR count). The number of carbonyl (C=O) groups excluding carboxylic acids is 3. The fourth-order valence-corrected chi connectivity index (χ4v) is 9.32. The molecule has 0 N–H and O–H groups in total. The van der Waals surface area contributed by atoms with E-state index in [2.05, 4.69) is 41.5 Å². The largest absolute Gasteiger partial charge is 0.462 e. The summed E-state index contributed by atoms with van der Waals surface area (Å²) in [6.07, 6.45) is 55.4. The second-order valence-corrected chi connectivity index (χ2v) is 22.2. The molecule has 0 radical (unpaired) electrons. The average molecular weight is 948 g/mol. The van der Waals surface area contributed by atoms with Crippen LogP contribution in [0.15, 0.2) is 0 Å². The summed E-state index contributed by atoms with van der Waals surface area (Å²) in [7, 11) is 0. The van der Waals surface area contributed by atoms with E-state index in [0.29, 0.717) is 19.3 Å². The SMILES string of the molecule is CCC(C)CCCCCCCCCCCCCCCCCCCCC(=O)O[C@H](COC(=O)CCCCCCCCCCCCCCCCC(C)C)COC(=O)CCCCCCCCCC(C)C. The molecular weight excluding hydrogens is 829 g/mol. The Morgan fingerprint density at radius 1 is 0.299 bits per heavy atom.